The van der Waals surface area contributed by atoms with Gasteiger partial charge in [0.1, 0.15) is 12.6 Å². The monoisotopic (exact) mass is 236 g/mol. The van der Waals surface area contributed by atoms with Crippen molar-refractivity contribution in [3.8, 4) is 0 Å². The highest BCUT2D eigenvalue weighted by atomic mass is 16.4. The van der Waals surface area contributed by atoms with Crippen molar-refractivity contribution in [1.82, 2.24) is 0 Å². The van der Waals surface area contributed by atoms with Crippen molar-refractivity contribution >= 4 is 17.6 Å². The van der Waals surface area contributed by atoms with Crippen LogP contribution >= 0.6 is 0 Å². The summed E-state index contributed by atoms with van der Waals surface area (Å²) < 4.78 is 0. The summed E-state index contributed by atoms with van der Waals surface area (Å²) in [4.78, 5) is 23.7. The van der Waals surface area contributed by atoms with Gasteiger partial charge in [-0.25, -0.2) is 0 Å². The molecule has 3 N–H and O–H groups in total. The van der Waals surface area contributed by atoms with Crippen molar-refractivity contribution in [2.45, 2.75) is 19.4 Å². The zero-order valence-electron chi connectivity index (χ0n) is 9.67. The van der Waals surface area contributed by atoms with Crippen molar-refractivity contribution < 1.29 is 14.7 Å². The van der Waals surface area contributed by atoms with Gasteiger partial charge in [-0.1, -0.05) is 25.1 Å². The summed E-state index contributed by atoms with van der Waals surface area (Å²) in [5.41, 5.74) is 5.97. The SMILES string of the molecule is CCC(C(N)=O)N(CC(=O)O)c1ccccc1. The lowest BCUT2D eigenvalue weighted by molar-refractivity contribution is -0.135. The number of benzene rings is 1. The Balaban J connectivity index is 3.02. The number of para-hydroxylation sites is 1. The third-order valence-electron chi connectivity index (χ3n) is 2.48. The number of carboxylic acid groups (broad SMARTS) is 1. The first-order valence-electron chi connectivity index (χ1n) is 5.39. The molecule has 0 aliphatic heterocycles. The van der Waals surface area contributed by atoms with E-state index in [-0.39, 0.29) is 6.54 Å². The molecule has 1 aromatic carbocycles. The van der Waals surface area contributed by atoms with Gasteiger partial charge in [-0.3, -0.25) is 9.59 Å². The summed E-state index contributed by atoms with van der Waals surface area (Å²) in [5, 5.41) is 8.88. The average molecular weight is 236 g/mol. The molecule has 1 amide bonds. The number of primary amides is 1. The molecule has 0 saturated carbocycles. The third-order valence-corrected chi connectivity index (χ3v) is 2.48. The Morgan fingerprint density at radius 1 is 1.35 bits per heavy atom. The first kappa shape index (κ1) is 13.0. The Bertz CT molecular complexity index is 392. The number of carboxylic acids is 1. The molecule has 1 atom stereocenters. The molecule has 1 unspecified atom stereocenters. The van der Waals surface area contributed by atoms with Crippen LogP contribution in [0.1, 0.15) is 13.3 Å². The van der Waals surface area contributed by atoms with E-state index in [4.69, 9.17) is 10.8 Å². The Morgan fingerprint density at radius 2 is 1.94 bits per heavy atom. The number of amides is 1. The zero-order valence-corrected chi connectivity index (χ0v) is 9.67. The van der Waals surface area contributed by atoms with Crippen molar-refractivity contribution in [3.05, 3.63) is 30.3 Å². The number of rotatable bonds is 6. The van der Waals surface area contributed by atoms with Gasteiger partial charge in [0.15, 0.2) is 0 Å². The molecular weight excluding hydrogens is 220 g/mol. The van der Waals surface area contributed by atoms with E-state index in [0.717, 1.165) is 0 Å². The van der Waals surface area contributed by atoms with E-state index in [1.165, 1.54) is 4.90 Å². The highest BCUT2D eigenvalue weighted by Gasteiger charge is 2.24. The smallest absolute Gasteiger partial charge is 0.323 e. The fourth-order valence-electron chi connectivity index (χ4n) is 1.72. The number of hydrogen-bond donors (Lipinski definition) is 2. The van der Waals surface area contributed by atoms with Crippen LogP contribution in [-0.4, -0.2) is 29.6 Å². The minimum absolute atomic E-state index is 0.245. The molecule has 0 aliphatic rings. The number of carbonyl (C=O) groups is 2. The average Bonchev–Trinajstić information content (AvgIpc) is 2.29. The molecular formula is C12H16N2O3. The van der Waals surface area contributed by atoms with E-state index in [0.29, 0.717) is 12.1 Å². The fraction of sp³-hybridized carbons (Fsp3) is 0.333. The number of nitrogens with zero attached hydrogens (tertiary/aromatic N) is 1. The predicted molar refractivity (Wildman–Crippen MR) is 64.7 cm³/mol. The Hall–Kier alpha value is -2.04. The van der Waals surface area contributed by atoms with Gasteiger partial charge >= 0.3 is 5.97 Å². The summed E-state index contributed by atoms with van der Waals surface area (Å²) in [6, 6.07) is 8.32. The second-order valence-electron chi connectivity index (χ2n) is 3.68. The minimum atomic E-state index is -0.992. The lowest BCUT2D eigenvalue weighted by atomic mass is 10.1. The van der Waals surface area contributed by atoms with Crippen LogP contribution < -0.4 is 10.6 Å². The molecule has 5 heteroatoms. The first-order valence-corrected chi connectivity index (χ1v) is 5.39. The Labute approximate surface area is 99.8 Å². The molecule has 0 fully saturated rings. The number of nitrogens with two attached hydrogens (primary N) is 1. The molecule has 5 nitrogen and oxygen atoms in total. The van der Waals surface area contributed by atoms with Crippen LogP contribution in [0.4, 0.5) is 5.69 Å². The number of anilines is 1. The minimum Gasteiger partial charge on any atom is -0.480 e. The van der Waals surface area contributed by atoms with E-state index in [1.54, 1.807) is 31.2 Å². The highest BCUT2D eigenvalue weighted by molar-refractivity contribution is 5.86. The van der Waals surface area contributed by atoms with Crippen LogP contribution in [0.25, 0.3) is 0 Å². The molecule has 0 spiro atoms. The van der Waals surface area contributed by atoms with E-state index < -0.39 is 17.9 Å². The van der Waals surface area contributed by atoms with Crippen LogP contribution in [0.2, 0.25) is 0 Å². The number of carbonyl (C=O) groups excluding carboxylic acids is 1. The zero-order chi connectivity index (χ0) is 12.8. The quantitative estimate of drug-likeness (QED) is 0.766. The summed E-state index contributed by atoms with van der Waals surface area (Å²) in [7, 11) is 0. The van der Waals surface area contributed by atoms with E-state index in [9.17, 15) is 9.59 Å². The van der Waals surface area contributed by atoms with Gasteiger partial charge < -0.3 is 15.7 Å². The molecule has 0 saturated heterocycles. The molecule has 1 rings (SSSR count). The third kappa shape index (κ3) is 3.48. The van der Waals surface area contributed by atoms with Gasteiger partial charge in [0.25, 0.3) is 0 Å². The lowest BCUT2D eigenvalue weighted by Crippen LogP contribution is -2.46. The van der Waals surface area contributed by atoms with Gasteiger partial charge in [0.2, 0.25) is 5.91 Å². The molecule has 0 bridgehead atoms. The molecule has 1 aromatic rings. The van der Waals surface area contributed by atoms with Gasteiger partial charge in [0.05, 0.1) is 0 Å². The second kappa shape index (κ2) is 5.89. The van der Waals surface area contributed by atoms with Gasteiger partial charge in [0, 0.05) is 5.69 Å². The maximum Gasteiger partial charge on any atom is 0.323 e. The van der Waals surface area contributed by atoms with Crippen LogP contribution in [0.15, 0.2) is 30.3 Å². The fourth-order valence-corrected chi connectivity index (χ4v) is 1.72. The molecule has 0 aromatic heterocycles. The van der Waals surface area contributed by atoms with Crippen molar-refractivity contribution in [1.29, 1.82) is 0 Å². The number of aliphatic carboxylic acids is 1. The van der Waals surface area contributed by atoms with Gasteiger partial charge in [-0.05, 0) is 18.6 Å². The molecule has 92 valence electrons. The maximum absolute atomic E-state index is 11.3. The molecule has 0 heterocycles. The van der Waals surface area contributed by atoms with E-state index >= 15 is 0 Å². The van der Waals surface area contributed by atoms with Gasteiger partial charge in [-0.15, -0.1) is 0 Å². The number of hydrogen-bond acceptors (Lipinski definition) is 3. The van der Waals surface area contributed by atoms with Crippen molar-refractivity contribution in [2.75, 3.05) is 11.4 Å². The standard InChI is InChI=1S/C12H16N2O3/c1-2-10(12(13)17)14(8-11(15)16)9-6-4-3-5-7-9/h3-7,10H,2,8H2,1H3,(H2,13,17)(H,15,16). The van der Waals surface area contributed by atoms with E-state index in [1.807, 2.05) is 6.07 Å². The Kier molecular flexibility index (Phi) is 4.51. The van der Waals surface area contributed by atoms with Crippen LogP contribution in [-0.2, 0) is 9.59 Å². The first-order chi connectivity index (χ1) is 8.06. The van der Waals surface area contributed by atoms with Crippen LogP contribution in [0, 0.1) is 0 Å². The predicted octanol–water partition coefficient (Wildman–Crippen LogP) is 0.842. The molecule has 0 aliphatic carbocycles. The Morgan fingerprint density at radius 3 is 2.35 bits per heavy atom. The summed E-state index contributed by atoms with van der Waals surface area (Å²) in [6.45, 7) is 1.55. The second-order valence-corrected chi connectivity index (χ2v) is 3.68. The largest absolute Gasteiger partial charge is 0.480 e. The van der Waals surface area contributed by atoms with E-state index in [2.05, 4.69) is 0 Å². The normalized spacial score (nSPS) is 11.8. The molecule has 0 radical (unpaired) electrons. The maximum atomic E-state index is 11.3. The summed E-state index contributed by atoms with van der Waals surface area (Å²) in [5.74, 6) is -1.51. The molecule has 17 heavy (non-hydrogen) atoms. The highest BCUT2D eigenvalue weighted by Crippen LogP contribution is 2.17. The summed E-state index contributed by atoms with van der Waals surface area (Å²) in [6.07, 6.45) is 0.470. The van der Waals surface area contributed by atoms with Crippen molar-refractivity contribution in [3.63, 3.8) is 0 Å². The summed E-state index contributed by atoms with van der Waals surface area (Å²) >= 11 is 0. The van der Waals surface area contributed by atoms with Crippen LogP contribution in [0.3, 0.4) is 0 Å². The van der Waals surface area contributed by atoms with Crippen LogP contribution in [0.5, 0.6) is 0 Å². The lowest BCUT2D eigenvalue weighted by Gasteiger charge is -2.29. The topological polar surface area (TPSA) is 83.6 Å². The van der Waals surface area contributed by atoms with Gasteiger partial charge in [-0.2, -0.15) is 0 Å². The van der Waals surface area contributed by atoms with Crippen molar-refractivity contribution in [2.24, 2.45) is 5.73 Å².